The molecule has 0 aliphatic rings. The molecule has 1 N–H and O–H groups in total. The number of fused-ring (bicyclic) bond motifs is 1. The lowest BCUT2D eigenvalue weighted by atomic mass is 10.3. The molecule has 0 saturated carbocycles. The van der Waals surface area contributed by atoms with Gasteiger partial charge in [0, 0.05) is 25.2 Å². The standard InChI is InChI=1S/C13H20N4O2S/c1-4-11-15-17-12(19)7-10(14-13(17)20-11)8-16(5-6-18)9(2)3/h7,9,18H,4-6,8H2,1-3H3. The molecule has 110 valence electrons. The van der Waals surface area contributed by atoms with E-state index in [2.05, 4.69) is 28.8 Å². The minimum Gasteiger partial charge on any atom is -0.395 e. The van der Waals surface area contributed by atoms with Gasteiger partial charge in [0.2, 0.25) is 4.96 Å². The van der Waals surface area contributed by atoms with Gasteiger partial charge in [-0.15, -0.1) is 0 Å². The molecule has 0 unspecified atom stereocenters. The molecule has 2 rings (SSSR count). The predicted molar refractivity (Wildman–Crippen MR) is 79.1 cm³/mol. The Morgan fingerprint density at radius 3 is 2.85 bits per heavy atom. The molecule has 2 aromatic rings. The van der Waals surface area contributed by atoms with Gasteiger partial charge in [-0.2, -0.15) is 9.61 Å². The second-order valence-electron chi connectivity index (χ2n) is 4.92. The monoisotopic (exact) mass is 296 g/mol. The second kappa shape index (κ2) is 6.43. The van der Waals surface area contributed by atoms with Crippen LogP contribution in [0.3, 0.4) is 0 Å². The molecule has 0 aliphatic heterocycles. The molecule has 0 fully saturated rings. The van der Waals surface area contributed by atoms with Crippen molar-refractivity contribution in [3.8, 4) is 0 Å². The third-order valence-corrected chi connectivity index (χ3v) is 4.18. The van der Waals surface area contributed by atoms with E-state index in [-0.39, 0.29) is 18.2 Å². The summed E-state index contributed by atoms with van der Waals surface area (Å²) >= 11 is 1.45. The number of aryl methyl sites for hydroxylation is 1. The highest BCUT2D eigenvalue weighted by molar-refractivity contribution is 7.16. The van der Waals surface area contributed by atoms with E-state index in [1.807, 2.05) is 6.92 Å². The first-order chi connectivity index (χ1) is 9.55. The summed E-state index contributed by atoms with van der Waals surface area (Å²) in [5, 5.41) is 14.2. The normalized spacial score (nSPS) is 11.9. The number of rotatable bonds is 6. The maximum atomic E-state index is 12.0. The first kappa shape index (κ1) is 15.1. The van der Waals surface area contributed by atoms with Gasteiger partial charge in [-0.05, 0) is 20.3 Å². The number of aliphatic hydroxyl groups is 1. The Morgan fingerprint density at radius 2 is 2.25 bits per heavy atom. The van der Waals surface area contributed by atoms with Crippen LogP contribution >= 0.6 is 11.3 Å². The number of hydrogen-bond donors (Lipinski definition) is 1. The Kier molecular flexibility index (Phi) is 4.85. The molecule has 0 bridgehead atoms. The molecule has 0 aromatic carbocycles. The van der Waals surface area contributed by atoms with Gasteiger partial charge in [-0.3, -0.25) is 9.69 Å². The average Bonchev–Trinajstić information content (AvgIpc) is 2.82. The third kappa shape index (κ3) is 3.23. The lowest BCUT2D eigenvalue weighted by Crippen LogP contribution is -2.33. The highest BCUT2D eigenvalue weighted by atomic mass is 32.1. The summed E-state index contributed by atoms with van der Waals surface area (Å²) < 4.78 is 1.36. The largest absolute Gasteiger partial charge is 0.395 e. The summed E-state index contributed by atoms with van der Waals surface area (Å²) in [6.07, 6.45) is 0.797. The molecule has 0 saturated heterocycles. The van der Waals surface area contributed by atoms with Gasteiger partial charge < -0.3 is 5.11 Å². The highest BCUT2D eigenvalue weighted by Gasteiger charge is 2.13. The SMILES string of the molecule is CCc1nn2c(=O)cc(CN(CCO)C(C)C)nc2s1. The van der Waals surface area contributed by atoms with E-state index in [4.69, 9.17) is 5.11 Å². The van der Waals surface area contributed by atoms with Crippen LogP contribution in [0.2, 0.25) is 0 Å². The fourth-order valence-electron chi connectivity index (χ4n) is 1.98. The van der Waals surface area contributed by atoms with Crippen LogP contribution in [0.1, 0.15) is 31.5 Å². The highest BCUT2D eigenvalue weighted by Crippen LogP contribution is 2.13. The molecule has 6 nitrogen and oxygen atoms in total. The maximum Gasteiger partial charge on any atom is 0.275 e. The van der Waals surface area contributed by atoms with Crippen molar-refractivity contribution >= 4 is 16.3 Å². The van der Waals surface area contributed by atoms with Gasteiger partial charge in [0.05, 0.1) is 12.3 Å². The Bertz CT molecular complexity index is 635. The van der Waals surface area contributed by atoms with Crippen LogP contribution in [0.4, 0.5) is 0 Å². The van der Waals surface area contributed by atoms with E-state index in [0.717, 1.165) is 17.1 Å². The van der Waals surface area contributed by atoms with Crippen molar-refractivity contribution in [2.24, 2.45) is 0 Å². The molecule has 20 heavy (non-hydrogen) atoms. The van der Waals surface area contributed by atoms with Crippen LogP contribution < -0.4 is 5.56 Å². The number of aromatic nitrogens is 3. The Labute approximate surface area is 121 Å². The van der Waals surface area contributed by atoms with Crippen molar-refractivity contribution in [3.63, 3.8) is 0 Å². The number of aliphatic hydroxyl groups excluding tert-OH is 1. The van der Waals surface area contributed by atoms with E-state index in [1.165, 1.54) is 21.9 Å². The molecular weight excluding hydrogens is 276 g/mol. The summed E-state index contributed by atoms with van der Waals surface area (Å²) in [7, 11) is 0. The van der Waals surface area contributed by atoms with Crippen molar-refractivity contribution in [2.45, 2.75) is 39.8 Å². The Balaban J connectivity index is 2.32. The minimum absolute atomic E-state index is 0.0972. The van der Waals surface area contributed by atoms with E-state index in [0.29, 0.717) is 18.1 Å². The summed E-state index contributed by atoms with van der Waals surface area (Å²) in [6, 6.07) is 1.81. The van der Waals surface area contributed by atoms with Crippen molar-refractivity contribution in [1.29, 1.82) is 0 Å². The fraction of sp³-hybridized carbons (Fsp3) is 0.615. The van der Waals surface area contributed by atoms with Crippen LogP contribution in [0, 0.1) is 0 Å². The molecule has 2 aromatic heterocycles. The zero-order chi connectivity index (χ0) is 14.7. The van der Waals surface area contributed by atoms with Crippen LogP contribution in [-0.2, 0) is 13.0 Å². The summed E-state index contributed by atoms with van der Waals surface area (Å²) in [6.45, 7) is 7.35. The minimum atomic E-state index is -0.145. The van der Waals surface area contributed by atoms with Crippen LogP contribution in [0.15, 0.2) is 10.9 Å². The zero-order valence-corrected chi connectivity index (χ0v) is 12.9. The lowest BCUT2D eigenvalue weighted by molar-refractivity contribution is 0.158. The lowest BCUT2D eigenvalue weighted by Gasteiger charge is -2.24. The van der Waals surface area contributed by atoms with Gasteiger partial charge in [-0.1, -0.05) is 18.3 Å². The van der Waals surface area contributed by atoms with Crippen molar-refractivity contribution in [3.05, 3.63) is 27.1 Å². The van der Waals surface area contributed by atoms with E-state index in [1.54, 1.807) is 0 Å². The van der Waals surface area contributed by atoms with Crippen molar-refractivity contribution < 1.29 is 5.11 Å². The predicted octanol–water partition coefficient (Wildman–Crippen LogP) is 0.916. The Hall–Kier alpha value is -1.31. The molecule has 0 amide bonds. The quantitative estimate of drug-likeness (QED) is 0.858. The zero-order valence-electron chi connectivity index (χ0n) is 12.0. The van der Waals surface area contributed by atoms with E-state index >= 15 is 0 Å². The molecule has 0 atom stereocenters. The van der Waals surface area contributed by atoms with Crippen molar-refractivity contribution in [2.75, 3.05) is 13.2 Å². The number of nitrogens with zero attached hydrogens (tertiary/aromatic N) is 4. The first-order valence-electron chi connectivity index (χ1n) is 6.78. The van der Waals surface area contributed by atoms with Gasteiger partial charge >= 0.3 is 0 Å². The molecule has 0 radical (unpaired) electrons. The maximum absolute atomic E-state index is 12.0. The van der Waals surface area contributed by atoms with E-state index in [9.17, 15) is 4.79 Å². The molecule has 0 aliphatic carbocycles. The number of hydrogen-bond acceptors (Lipinski definition) is 6. The second-order valence-corrected chi connectivity index (χ2v) is 5.96. The molecule has 7 heteroatoms. The summed E-state index contributed by atoms with van der Waals surface area (Å²) in [5.41, 5.74) is 0.581. The first-order valence-corrected chi connectivity index (χ1v) is 7.60. The van der Waals surface area contributed by atoms with Gasteiger partial charge in [-0.25, -0.2) is 4.98 Å². The third-order valence-electron chi connectivity index (χ3n) is 3.12. The van der Waals surface area contributed by atoms with Crippen LogP contribution in [-0.4, -0.2) is 43.8 Å². The van der Waals surface area contributed by atoms with Crippen molar-refractivity contribution in [1.82, 2.24) is 19.5 Å². The molecule has 2 heterocycles. The van der Waals surface area contributed by atoms with Crippen LogP contribution in [0.25, 0.3) is 4.96 Å². The van der Waals surface area contributed by atoms with E-state index < -0.39 is 0 Å². The molecular formula is C13H20N4O2S. The van der Waals surface area contributed by atoms with Gasteiger partial charge in [0.15, 0.2) is 0 Å². The summed E-state index contributed by atoms with van der Waals surface area (Å²) in [4.78, 5) is 19.3. The smallest absolute Gasteiger partial charge is 0.275 e. The summed E-state index contributed by atoms with van der Waals surface area (Å²) in [5.74, 6) is 0. The topological polar surface area (TPSA) is 70.7 Å². The van der Waals surface area contributed by atoms with Crippen LogP contribution in [0.5, 0.6) is 0 Å². The van der Waals surface area contributed by atoms with Gasteiger partial charge in [0.25, 0.3) is 5.56 Å². The average molecular weight is 296 g/mol. The Morgan fingerprint density at radius 1 is 1.50 bits per heavy atom. The van der Waals surface area contributed by atoms with Gasteiger partial charge in [0.1, 0.15) is 5.01 Å². The fourth-order valence-corrected chi connectivity index (χ4v) is 2.83. The molecule has 0 spiro atoms.